The van der Waals surface area contributed by atoms with Gasteiger partial charge in [-0.3, -0.25) is 4.98 Å². The summed E-state index contributed by atoms with van der Waals surface area (Å²) in [4.78, 5) is 4.23. The first-order chi connectivity index (χ1) is 6.86. The molecule has 0 saturated heterocycles. The van der Waals surface area contributed by atoms with Gasteiger partial charge in [-0.15, -0.1) is 0 Å². The van der Waals surface area contributed by atoms with E-state index >= 15 is 0 Å². The largest absolute Gasteiger partial charge is 0.496 e. The summed E-state index contributed by atoms with van der Waals surface area (Å²) in [5.41, 5.74) is 6.50. The van der Waals surface area contributed by atoms with Crippen molar-refractivity contribution in [2.24, 2.45) is 5.73 Å². The van der Waals surface area contributed by atoms with Crippen molar-refractivity contribution in [3.8, 4) is 5.75 Å². The van der Waals surface area contributed by atoms with Gasteiger partial charge in [0.25, 0.3) is 0 Å². The first kappa shape index (κ1) is 8.97. The van der Waals surface area contributed by atoms with Gasteiger partial charge in [0.1, 0.15) is 5.75 Å². The topological polar surface area (TPSA) is 48.1 Å². The molecule has 0 bridgehead atoms. The quantitative estimate of drug-likeness (QED) is 0.780. The summed E-state index contributed by atoms with van der Waals surface area (Å²) in [7, 11) is 1.65. The summed E-state index contributed by atoms with van der Waals surface area (Å²) >= 11 is 0. The molecule has 2 N–H and O–H groups in total. The molecule has 0 radical (unpaired) electrons. The number of nitrogens with zero attached hydrogens (tertiary/aromatic N) is 1. The SMILES string of the molecule is COc1cccc2ccnc(CN)c12. The van der Waals surface area contributed by atoms with Gasteiger partial charge < -0.3 is 10.5 Å². The Labute approximate surface area is 82.5 Å². The zero-order chi connectivity index (χ0) is 9.97. The molecule has 0 saturated carbocycles. The molecular formula is C11H12N2O. The monoisotopic (exact) mass is 188 g/mol. The van der Waals surface area contributed by atoms with E-state index in [1.807, 2.05) is 24.3 Å². The molecule has 0 unspecified atom stereocenters. The Morgan fingerprint density at radius 1 is 1.36 bits per heavy atom. The second-order valence-electron chi connectivity index (χ2n) is 3.02. The number of aromatic nitrogens is 1. The van der Waals surface area contributed by atoms with E-state index in [2.05, 4.69) is 4.98 Å². The van der Waals surface area contributed by atoms with Crippen molar-refractivity contribution in [3.63, 3.8) is 0 Å². The maximum absolute atomic E-state index is 5.62. The standard InChI is InChI=1S/C11H12N2O/c1-14-10-4-2-3-8-5-6-13-9(7-12)11(8)10/h2-6H,7,12H2,1H3. The molecule has 3 heteroatoms. The van der Waals surface area contributed by atoms with E-state index in [9.17, 15) is 0 Å². The van der Waals surface area contributed by atoms with E-state index in [-0.39, 0.29) is 0 Å². The van der Waals surface area contributed by atoms with Crippen molar-refractivity contribution in [1.29, 1.82) is 0 Å². The van der Waals surface area contributed by atoms with Crippen LogP contribution in [-0.2, 0) is 6.54 Å². The second-order valence-corrected chi connectivity index (χ2v) is 3.02. The minimum atomic E-state index is 0.428. The average molecular weight is 188 g/mol. The molecule has 0 aliphatic rings. The van der Waals surface area contributed by atoms with Crippen molar-refractivity contribution in [1.82, 2.24) is 4.98 Å². The van der Waals surface area contributed by atoms with Gasteiger partial charge in [-0.25, -0.2) is 0 Å². The number of hydrogen-bond acceptors (Lipinski definition) is 3. The first-order valence-electron chi connectivity index (χ1n) is 4.47. The number of methoxy groups -OCH3 is 1. The number of ether oxygens (including phenoxy) is 1. The van der Waals surface area contributed by atoms with Gasteiger partial charge in [0, 0.05) is 18.1 Å². The van der Waals surface area contributed by atoms with Crippen molar-refractivity contribution in [3.05, 3.63) is 36.2 Å². The zero-order valence-corrected chi connectivity index (χ0v) is 8.03. The van der Waals surface area contributed by atoms with Crippen LogP contribution in [0, 0.1) is 0 Å². The summed E-state index contributed by atoms with van der Waals surface area (Å²) in [6.45, 7) is 0.428. The lowest BCUT2D eigenvalue weighted by atomic mass is 10.1. The summed E-state index contributed by atoms with van der Waals surface area (Å²) in [5, 5.41) is 2.12. The molecule has 14 heavy (non-hydrogen) atoms. The molecule has 0 fully saturated rings. The van der Waals surface area contributed by atoms with Crippen LogP contribution in [0.15, 0.2) is 30.5 Å². The number of nitrogens with two attached hydrogens (primary N) is 1. The predicted octanol–water partition coefficient (Wildman–Crippen LogP) is 1.70. The molecule has 3 nitrogen and oxygen atoms in total. The second kappa shape index (κ2) is 3.64. The predicted molar refractivity (Wildman–Crippen MR) is 56.2 cm³/mol. The normalized spacial score (nSPS) is 10.4. The Morgan fingerprint density at radius 2 is 2.21 bits per heavy atom. The summed E-state index contributed by atoms with van der Waals surface area (Å²) in [5.74, 6) is 0.830. The summed E-state index contributed by atoms with van der Waals surface area (Å²) in [6.07, 6.45) is 1.77. The molecule has 0 aliphatic heterocycles. The average Bonchev–Trinajstić information content (AvgIpc) is 2.27. The molecule has 2 aromatic rings. The van der Waals surface area contributed by atoms with Crippen molar-refractivity contribution < 1.29 is 4.74 Å². The van der Waals surface area contributed by atoms with Crippen LogP contribution in [0.4, 0.5) is 0 Å². The third-order valence-corrected chi connectivity index (χ3v) is 2.24. The van der Waals surface area contributed by atoms with E-state index in [1.54, 1.807) is 13.3 Å². The molecule has 0 atom stereocenters. The molecular weight excluding hydrogens is 176 g/mol. The van der Waals surface area contributed by atoms with Gasteiger partial charge in [0.05, 0.1) is 12.8 Å². The van der Waals surface area contributed by atoms with Gasteiger partial charge in [-0.1, -0.05) is 12.1 Å². The lowest BCUT2D eigenvalue weighted by molar-refractivity contribution is 0.419. The van der Waals surface area contributed by atoms with Gasteiger partial charge in [0.2, 0.25) is 0 Å². The third kappa shape index (κ3) is 1.32. The summed E-state index contributed by atoms with van der Waals surface area (Å²) < 4.78 is 5.27. The molecule has 0 amide bonds. The van der Waals surface area contributed by atoms with Crippen LogP contribution in [0.25, 0.3) is 10.8 Å². The Bertz CT molecular complexity index is 415. The number of benzene rings is 1. The zero-order valence-electron chi connectivity index (χ0n) is 8.03. The molecule has 1 aromatic heterocycles. The Hall–Kier alpha value is -1.61. The van der Waals surface area contributed by atoms with Crippen LogP contribution in [0.1, 0.15) is 5.69 Å². The third-order valence-electron chi connectivity index (χ3n) is 2.24. The Kier molecular flexibility index (Phi) is 2.33. The van der Waals surface area contributed by atoms with E-state index in [1.165, 1.54) is 0 Å². The highest BCUT2D eigenvalue weighted by Crippen LogP contribution is 2.26. The van der Waals surface area contributed by atoms with Gasteiger partial charge >= 0.3 is 0 Å². The van der Waals surface area contributed by atoms with Crippen LogP contribution in [0.2, 0.25) is 0 Å². The molecule has 2 rings (SSSR count). The lowest BCUT2D eigenvalue weighted by Gasteiger charge is -2.07. The van der Waals surface area contributed by atoms with Crippen LogP contribution in [0.3, 0.4) is 0 Å². The molecule has 1 heterocycles. The van der Waals surface area contributed by atoms with E-state index in [0.29, 0.717) is 6.54 Å². The fourth-order valence-electron chi connectivity index (χ4n) is 1.59. The van der Waals surface area contributed by atoms with Gasteiger partial charge in [-0.2, -0.15) is 0 Å². The van der Waals surface area contributed by atoms with Crippen molar-refractivity contribution in [2.75, 3.05) is 7.11 Å². The number of hydrogen-bond donors (Lipinski definition) is 1. The summed E-state index contributed by atoms with van der Waals surface area (Å²) in [6, 6.07) is 7.86. The minimum absolute atomic E-state index is 0.428. The van der Waals surface area contributed by atoms with Crippen LogP contribution in [-0.4, -0.2) is 12.1 Å². The van der Waals surface area contributed by atoms with Crippen molar-refractivity contribution in [2.45, 2.75) is 6.54 Å². The fourth-order valence-corrected chi connectivity index (χ4v) is 1.59. The van der Waals surface area contributed by atoms with E-state index in [4.69, 9.17) is 10.5 Å². The Morgan fingerprint density at radius 3 is 2.93 bits per heavy atom. The number of rotatable bonds is 2. The highest BCUT2D eigenvalue weighted by Gasteiger charge is 2.05. The van der Waals surface area contributed by atoms with E-state index in [0.717, 1.165) is 22.2 Å². The Balaban J connectivity index is 2.81. The highest BCUT2D eigenvalue weighted by atomic mass is 16.5. The minimum Gasteiger partial charge on any atom is -0.496 e. The highest BCUT2D eigenvalue weighted by molar-refractivity contribution is 5.90. The molecule has 1 aromatic carbocycles. The first-order valence-corrected chi connectivity index (χ1v) is 4.47. The molecule has 0 aliphatic carbocycles. The maximum atomic E-state index is 5.62. The fraction of sp³-hybridized carbons (Fsp3) is 0.182. The van der Waals surface area contributed by atoms with Crippen LogP contribution in [0.5, 0.6) is 5.75 Å². The molecule has 0 spiro atoms. The van der Waals surface area contributed by atoms with Gasteiger partial charge in [0.15, 0.2) is 0 Å². The van der Waals surface area contributed by atoms with Crippen LogP contribution < -0.4 is 10.5 Å². The van der Waals surface area contributed by atoms with Gasteiger partial charge in [-0.05, 0) is 17.5 Å². The van der Waals surface area contributed by atoms with Crippen molar-refractivity contribution >= 4 is 10.8 Å². The molecule has 72 valence electrons. The lowest BCUT2D eigenvalue weighted by Crippen LogP contribution is -2.01. The van der Waals surface area contributed by atoms with E-state index < -0.39 is 0 Å². The van der Waals surface area contributed by atoms with Crippen LogP contribution >= 0.6 is 0 Å². The number of fused-ring (bicyclic) bond motifs is 1. The number of pyridine rings is 1. The maximum Gasteiger partial charge on any atom is 0.128 e. The smallest absolute Gasteiger partial charge is 0.128 e.